The van der Waals surface area contributed by atoms with Gasteiger partial charge in [-0.3, -0.25) is 4.79 Å². The second-order valence-electron chi connectivity index (χ2n) is 6.34. The quantitative estimate of drug-likeness (QED) is 0.568. The average molecular weight is 440 g/mol. The van der Waals surface area contributed by atoms with Crippen LogP contribution >= 0.6 is 15.9 Å². The summed E-state index contributed by atoms with van der Waals surface area (Å²) in [6.07, 6.45) is 0.624. The van der Waals surface area contributed by atoms with Gasteiger partial charge in [0.2, 0.25) is 12.7 Å². The monoisotopic (exact) mass is 439 g/mol. The van der Waals surface area contributed by atoms with E-state index >= 15 is 0 Å². The standard InChI is InChI=1S/C22H18BrNO4/c1-14(25)24-18-11-10-15(12-16-6-5-9-19-21(16)27-13-26-19)20(23)22(18)28-17-7-3-2-4-8-17/h2-11H,12-13H2,1H3,(H,24,25). The van der Waals surface area contributed by atoms with Crippen molar-refractivity contribution in [3.05, 3.63) is 76.3 Å². The first-order valence-electron chi connectivity index (χ1n) is 8.81. The number of hydrogen-bond acceptors (Lipinski definition) is 4. The molecule has 28 heavy (non-hydrogen) atoms. The highest BCUT2D eigenvalue weighted by molar-refractivity contribution is 9.10. The minimum absolute atomic E-state index is 0.163. The third-order valence-corrected chi connectivity index (χ3v) is 5.18. The first kappa shape index (κ1) is 18.4. The molecular formula is C22H18BrNO4. The number of para-hydroxylation sites is 2. The average Bonchev–Trinajstić information content (AvgIpc) is 3.17. The number of hydrogen-bond donors (Lipinski definition) is 1. The molecule has 1 aliphatic rings. The molecule has 0 saturated carbocycles. The number of rotatable bonds is 5. The largest absolute Gasteiger partial charge is 0.454 e. The van der Waals surface area contributed by atoms with Crippen molar-refractivity contribution in [3.63, 3.8) is 0 Å². The fourth-order valence-electron chi connectivity index (χ4n) is 3.06. The van der Waals surface area contributed by atoms with E-state index in [1.165, 1.54) is 6.92 Å². The maximum atomic E-state index is 11.6. The van der Waals surface area contributed by atoms with Gasteiger partial charge in [0.1, 0.15) is 5.75 Å². The van der Waals surface area contributed by atoms with Crippen LogP contribution in [0.25, 0.3) is 0 Å². The SMILES string of the molecule is CC(=O)Nc1ccc(Cc2cccc3c2OCO3)c(Br)c1Oc1ccccc1. The topological polar surface area (TPSA) is 56.8 Å². The van der Waals surface area contributed by atoms with E-state index in [1.54, 1.807) is 0 Å². The predicted octanol–water partition coefficient (Wildman–Crippen LogP) is 5.52. The maximum absolute atomic E-state index is 11.6. The summed E-state index contributed by atoms with van der Waals surface area (Å²) in [5, 5.41) is 2.83. The molecule has 1 aliphatic heterocycles. The zero-order chi connectivity index (χ0) is 19.5. The Hall–Kier alpha value is -2.99. The Morgan fingerprint density at radius 3 is 2.64 bits per heavy atom. The molecule has 5 nitrogen and oxygen atoms in total. The number of nitrogens with one attached hydrogen (secondary N) is 1. The van der Waals surface area contributed by atoms with Crippen LogP contribution in [-0.4, -0.2) is 12.7 Å². The zero-order valence-corrected chi connectivity index (χ0v) is 16.8. The van der Waals surface area contributed by atoms with E-state index in [2.05, 4.69) is 21.2 Å². The van der Waals surface area contributed by atoms with E-state index in [0.717, 1.165) is 27.1 Å². The highest BCUT2D eigenvalue weighted by Gasteiger charge is 2.20. The number of benzene rings is 3. The van der Waals surface area contributed by atoms with Gasteiger partial charge in [-0.1, -0.05) is 36.4 Å². The minimum Gasteiger partial charge on any atom is -0.454 e. The first-order chi connectivity index (χ1) is 13.6. The lowest BCUT2D eigenvalue weighted by atomic mass is 10.0. The Morgan fingerprint density at radius 1 is 1.04 bits per heavy atom. The normalized spacial score (nSPS) is 11.9. The van der Waals surface area contributed by atoms with Gasteiger partial charge in [0.15, 0.2) is 17.2 Å². The van der Waals surface area contributed by atoms with Crippen LogP contribution in [0, 0.1) is 0 Å². The van der Waals surface area contributed by atoms with Crippen molar-refractivity contribution in [2.45, 2.75) is 13.3 Å². The number of halogens is 1. The third-order valence-electron chi connectivity index (χ3n) is 4.31. The van der Waals surface area contributed by atoms with E-state index in [9.17, 15) is 4.79 Å². The van der Waals surface area contributed by atoms with Gasteiger partial charge in [0, 0.05) is 18.9 Å². The van der Waals surface area contributed by atoms with Gasteiger partial charge in [0.05, 0.1) is 10.2 Å². The summed E-state index contributed by atoms with van der Waals surface area (Å²) in [7, 11) is 0. The number of carbonyl (C=O) groups excluding carboxylic acids is 1. The van der Waals surface area contributed by atoms with Crippen molar-refractivity contribution >= 4 is 27.5 Å². The summed E-state index contributed by atoms with van der Waals surface area (Å²) in [6, 6.07) is 19.1. The summed E-state index contributed by atoms with van der Waals surface area (Å²) in [6.45, 7) is 1.70. The first-order valence-corrected chi connectivity index (χ1v) is 9.60. The molecule has 0 aromatic heterocycles. The van der Waals surface area contributed by atoms with Crippen LogP contribution in [0.15, 0.2) is 65.1 Å². The Kier molecular flexibility index (Phi) is 5.21. The molecule has 142 valence electrons. The second kappa shape index (κ2) is 7.94. The fourth-order valence-corrected chi connectivity index (χ4v) is 3.63. The summed E-state index contributed by atoms with van der Waals surface area (Å²) in [4.78, 5) is 11.6. The Morgan fingerprint density at radius 2 is 1.86 bits per heavy atom. The molecule has 1 heterocycles. The van der Waals surface area contributed by atoms with Crippen LogP contribution in [0.4, 0.5) is 5.69 Å². The van der Waals surface area contributed by atoms with Gasteiger partial charge >= 0.3 is 0 Å². The number of anilines is 1. The fraction of sp³-hybridized carbons (Fsp3) is 0.136. The summed E-state index contributed by atoms with van der Waals surface area (Å²) in [5.74, 6) is 2.60. The van der Waals surface area contributed by atoms with Crippen molar-refractivity contribution in [2.24, 2.45) is 0 Å². The molecule has 0 spiro atoms. The molecule has 1 N–H and O–H groups in total. The number of ether oxygens (including phenoxy) is 3. The molecule has 0 saturated heterocycles. The van der Waals surface area contributed by atoms with Crippen LogP contribution in [0.5, 0.6) is 23.0 Å². The Balaban J connectivity index is 1.72. The van der Waals surface area contributed by atoms with Crippen LogP contribution in [-0.2, 0) is 11.2 Å². The molecule has 0 bridgehead atoms. The van der Waals surface area contributed by atoms with Crippen molar-refractivity contribution < 1.29 is 19.0 Å². The summed E-state index contributed by atoms with van der Waals surface area (Å²) < 4.78 is 18.0. The maximum Gasteiger partial charge on any atom is 0.231 e. The highest BCUT2D eigenvalue weighted by atomic mass is 79.9. The van der Waals surface area contributed by atoms with E-state index in [0.29, 0.717) is 23.6 Å². The summed E-state index contributed by atoms with van der Waals surface area (Å²) >= 11 is 3.67. The Bertz CT molecular complexity index is 1020. The van der Waals surface area contributed by atoms with Crippen molar-refractivity contribution in [3.8, 4) is 23.0 Å². The van der Waals surface area contributed by atoms with Crippen LogP contribution in [0.1, 0.15) is 18.1 Å². The van der Waals surface area contributed by atoms with Gasteiger partial charge in [-0.25, -0.2) is 0 Å². The number of amides is 1. The van der Waals surface area contributed by atoms with E-state index in [4.69, 9.17) is 14.2 Å². The minimum atomic E-state index is -0.163. The van der Waals surface area contributed by atoms with Crippen LogP contribution in [0.3, 0.4) is 0 Å². The van der Waals surface area contributed by atoms with Gasteiger partial charge in [0.25, 0.3) is 0 Å². The lowest BCUT2D eigenvalue weighted by Gasteiger charge is -2.17. The molecule has 6 heteroatoms. The predicted molar refractivity (Wildman–Crippen MR) is 110 cm³/mol. The van der Waals surface area contributed by atoms with E-state index in [1.807, 2.05) is 60.7 Å². The van der Waals surface area contributed by atoms with Gasteiger partial charge in [-0.2, -0.15) is 0 Å². The lowest BCUT2D eigenvalue weighted by molar-refractivity contribution is -0.114. The van der Waals surface area contributed by atoms with Gasteiger partial charge in [-0.05, 0) is 45.8 Å². The Labute approximate surface area is 171 Å². The van der Waals surface area contributed by atoms with Gasteiger partial charge in [-0.15, -0.1) is 0 Å². The molecule has 1 amide bonds. The van der Waals surface area contributed by atoms with E-state index in [-0.39, 0.29) is 12.7 Å². The van der Waals surface area contributed by atoms with E-state index < -0.39 is 0 Å². The zero-order valence-electron chi connectivity index (χ0n) is 15.2. The molecule has 3 aromatic carbocycles. The van der Waals surface area contributed by atoms with Crippen molar-refractivity contribution in [1.29, 1.82) is 0 Å². The van der Waals surface area contributed by atoms with Gasteiger partial charge < -0.3 is 19.5 Å². The van der Waals surface area contributed by atoms with Crippen LogP contribution in [0.2, 0.25) is 0 Å². The molecule has 0 unspecified atom stereocenters. The number of fused-ring (bicyclic) bond motifs is 1. The molecule has 0 fully saturated rings. The smallest absolute Gasteiger partial charge is 0.231 e. The van der Waals surface area contributed by atoms with Crippen LogP contribution < -0.4 is 19.5 Å². The molecule has 0 aliphatic carbocycles. The molecule has 0 atom stereocenters. The lowest BCUT2D eigenvalue weighted by Crippen LogP contribution is -2.08. The molecule has 4 rings (SSSR count). The van der Waals surface area contributed by atoms with Crippen molar-refractivity contribution in [2.75, 3.05) is 12.1 Å². The third kappa shape index (κ3) is 3.82. The summed E-state index contributed by atoms with van der Waals surface area (Å²) in [5.41, 5.74) is 2.63. The molecule has 3 aromatic rings. The molecule has 0 radical (unpaired) electrons. The molecular weight excluding hydrogens is 422 g/mol. The van der Waals surface area contributed by atoms with Crippen molar-refractivity contribution in [1.82, 2.24) is 0 Å². The second-order valence-corrected chi connectivity index (χ2v) is 7.13. The number of carbonyl (C=O) groups is 1. The highest BCUT2D eigenvalue weighted by Crippen LogP contribution is 2.42.